The molecule has 0 N–H and O–H groups in total. The summed E-state index contributed by atoms with van der Waals surface area (Å²) in [7, 11) is 0. The average Bonchev–Trinajstić information content (AvgIpc) is 2.45. The SMILES string of the molecule is Cc1ccc(C(=O)N2CCN(C(=O)CC(C)(C)C)CC2)c(C)c1. The fraction of sp³-hybridized carbons (Fsp3) is 0.579. The summed E-state index contributed by atoms with van der Waals surface area (Å²) < 4.78 is 0. The van der Waals surface area contributed by atoms with Gasteiger partial charge in [0, 0.05) is 38.2 Å². The number of rotatable bonds is 2. The summed E-state index contributed by atoms with van der Waals surface area (Å²) in [6.45, 7) is 12.7. The van der Waals surface area contributed by atoms with Gasteiger partial charge in [-0.3, -0.25) is 9.59 Å². The minimum Gasteiger partial charge on any atom is -0.339 e. The van der Waals surface area contributed by atoms with Crippen LogP contribution < -0.4 is 0 Å². The first kappa shape index (κ1) is 17.5. The Morgan fingerprint density at radius 1 is 1.00 bits per heavy atom. The molecule has 0 saturated carbocycles. The third kappa shape index (κ3) is 4.57. The van der Waals surface area contributed by atoms with E-state index in [4.69, 9.17) is 0 Å². The minimum atomic E-state index is 0.00302. The summed E-state index contributed by atoms with van der Waals surface area (Å²) in [5.74, 6) is 0.265. The lowest BCUT2D eigenvalue weighted by atomic mass is 9.91. The van der Waals surface area contributed by atoms with Crippen LogP contribution in [0.1, 0.15) is 48.7 Å². The van der Waals surface area contributed by atoms with Crippen LogP contribution in [0.25, 0.3) is 0 Å². The van der Waals surface area contributed by atoms with E-state index in [-0.39, 0.29) is 17.2 Å². The Hall–Kier alpha value is -1.84. The maximum Gasteiger partial charge on any atom is 0.254 e. The quantitative estimate of drug-likeness (QED) is 0.841. The van der Waals surface area contributed by atoms with E-state index in [0.29, 0.717) is 32.6 Å². The number of piperazine rings is 1. The Morgan fingerprint density at radius 2 is 1.57 bits per heavy atom. The smallest absolute Gasteiger partial charge is 0.254 e. The van der Waals surface area contributed by atoms with E-state index in [1.165, 1.54) is 0 Å². The summed E-state index contributed by atoms with van der Waals surface area (Å²) >= 11 is 0. The minimum absolute atomic E-state index is 0.00302. The fourth-order valence-electron chi connectivity index (χ4n) is 2.95. The third-order valence-corrected chi connectivity index (χ3v) is 4.21. The number of nitrogens with zero attached hydrogens (tertiary/aromatic N) is 2. The van der Waals surface area contributed by atoms with Crippen LogP contribution in [0, 0.1) is 19.3 Å². The van der Waals surface area contributed by atoms with Crippen molar-refractivity contribution in [2.45, 2.75) is 41.0 Å². The van der Waals surface area contributed by atoms with Crippen LogP contribution in [-0.2, 0) is 4.79 Å². The van der Waals surface area contributed by atoms with Crippen molar-refractivity contribution in [1.29, 1.82) is 0 Å². The highest BCUT2D eigenvalue weighted by molar-refractivity contribution is 5.95. The van der Waals surface area contributed by atoms with Gasteiger partial charge in [-0.2, -0.15) is 0 Å². The van der Waals surface area contributed by atoms with E-state index in [1.807, 2.05) is 41.8 Å². The number of benzene rings is 1. The van der Waals surface area contributed by atoms with Crippen LogP contribution in [0.5, 0.6) is 0 Å². The summed E-state index contributed by atoms with van der Waals surface area (Å²) in [5.41, 5.74) is 2.95. The zero-order valence-electron chi connectivity index (χ0n) is 15.0. The predicted molar refractivity (Wildman–Crippen MR) is 92.5 cm³/mol. The van der Waals surface area contributed by atoms with Crippen LogP contribution in [-0.4, -0.2) is 47.8 Å². The standard InChI is InChI=1S/C19H28N2O2/c1-14-6-7-16(15(2)12-14)18(23)21-10-8-20(9-11-21)17(22)13-19(3,4)5/h6-7,12H,8-11,13H2,1-5H3. The van der Waals surface area contributed by atoms with Gasteiger partial charge in [-0.05, 0) is 30.9 Å². The molecule has 1 heterocycles. The lowest BCUT2D eigenvalue weighted by molar-refractivity contribution is -0.134. The second-order valence-corrected chi connectivity index (χ2v) is 7.73. The molecule has 0 spiro atoms. The Bertz CT molecular complexity index is 594. The van der Waals surface area contributed by atoms with Gasteiger partial charge in [-0.15, -0.1) is 0 Å². The molecule has 0 unspecified atom stereocenters. The second-order valence-electron chi connectivity index (χ2n) is 7.73. The third-order valence-electron chi connectivity index (χ3n) is 4.21. The van der Waals surface area contributed by atoms with Crippen LogP contribution in [0.3, 0.4) is 0 Å². The average molecular weight is 316 g/mol. The van der Waals surface area contributed by atoms with Gasteiger partial charge in [-0.1, -0.05) is 38.5 Å². The molecule has 0 atom stereocenters. The maximum absolute atomic E-state index is 12.7. The zero-order valence-corrected chi connectivity index (χ0v) is 15.0. The molecule has 1 fully saturated rings. The number of hydrogen-bond acceptors (Lipinski definition) is 2. The summed E-state index contributed by atoms with van der Waals surface area (Å²) in [4.78, 5) is 28.7. The molecule has 23 heavy (non-hydrogen) atoms. The molecule has 0 aromatic heterocycles. The van der Waals surface area contributed by atoms with E-state index < -0.39 is 0 Å². The normalized spacial score (nSPS) is 15.7. The van der Waals surface area contributed by atoms with E-state index in [2.05, 4.69) is 20.8 Å². The van der Waals surface area contributed by atoms with Crippen molar-refractivity contribution >= 4 is 11.8 Å². The first-order valence-electron chi connectivity index (χ1n) is 8.32. The van der Waals surface area contributed by atoms with Gasteiger partial charge < -0.3 is 9.80 Å². The van der Waals surface area contributed by atoms with Gasteiger partial charge in [0.25, 0.3) is 5.91 Å². The van der Waals surface area contributed by atoms with Crippen LogP contribution >= 0.6 is 0 Å². The first-order chi connectivity index (χ1) is 10.7. The van der Waals surface area contributed by atoms with Crippen LogP contribution in [0.15, 0.2) is 18.2 Å². The van der Waals surface area contributed by atoms with Crippen LogP contribution in [0.2, 0.25) is 0 Å². The highest BCUT2D eigenvalue weighted by Gasteiger charge is 2.27. The molecule has 0 aliphatic carbocycles. The van der Waals surface area contributed by atoms with Crippen molar-refractivity contribution in [3.63, 3.8) is 0 Å². The van der Waals surface area contributed by atoms with Crippen molar-refractivity contribution in [2.75, 3.05) is 26.2 Å². The van der Waals surface area contributed by atoms with Gasteiger partial charge in [0.15, 0.2) is 0 Å². The molecule has 2 amide bonds. The molecule has 1 aliphatic rings. The topological polar surface area (TPSA) is 40.6 Å². The molecule has 1 aromatic rings. The van der Waals surface area contributed by atoms with Gasteiger partial charge in [0.2, 0.25) is 5.91 Å². The lowest BCUT2D eigenvalue weighted by Gasteiger charge is -2.36. The van der Waals surface area contributed by atoms with E-state index in [1.54, 1.807) is 0 Å². The molecular formula is C19H28N2O2. The van der Waals surface area contributed by atoms with Crippen molar-refractivity contribution in [3.8, 4) is 0 Å². The number of aryl methyl sites for hydroxylation is 2. The molecule has 1 saturated heterocycles. The van der Waals surface area contributed by atoms with E-state index >= 15 is 0 Å². The molecule has 1 aromatic carbocycles. The molecular weight excluding hydrogens is 288 g/mol. The summed E-state index contributed by atoms with van der Waals surface area (Å²) in [5, 5.41) is 0. The second kappa shape index (κ2) is 6.73. The fourth-order valence-corrected chi connectivity index (χ4v) is 2.95. The Morgan fingerprint density at radius 3 is 2.09 bits per heavy atom. The van der Waals surface area contributed by atoms with Crippen molar-refractivity contribution in [3.05, 3.63) is 34.9 Å². The molecule has 1 aliphatic heterocycles. The van der Waals surface area contributed by atoms with Crippen molar-refractivity contribution < 1.29 is 9.59 Å². The molecule has 126 valence electrons. The lowest BCUT2D eigenvalue weighted by Crippen LogP contribution is -2.51. The van der Waals surface area contributed by atoms with Crippen molar-refractivity contribution in [2.24, 2.45) is 5.41 Å². The highest BCUT2D eigenvalue weighted by atomic mass is 16.2. The Kier molecular flexibility index (Phi) is 5.12. The molecule has 0 radical (unpaired) electrons. The zero-order chi connectivity index (χ0) is 17.2. The van der Waals surface area contributed by atoms with Crippen molar-refractivity contribution in [1.82, 2.24) is 9.80 Å². The van der Waals surface area contributed by atoms with Gasteiger partial charge >= 0.3 is 0 Å². The Balaban J connectivity index is 1.96. The first-order valence-corrected chi connectivity index (χ1v) is 8.32. The Labute approximate surface area is 139 Å². The van der Waals surface area contributed by atoms with Gasteiger partial charge in [-0.25, -0.2) is 0 Å². The van der Waals surface area contributed by atoms with Gasteiger partial charge in [0.1, 0.15) is 0 Å². The number of carbonyl (C=O) groups excluding carboxylic acids is 2. The monoisotopic (exact) mass is 316 g/mol. The summed E-state index contributed by atoms with van der Waals surface area (Å²) in [6.07, 6.45) is 0.554. The highest BCUT2D eigenvalue weighted by Crippen LogP contribution is 2.21. The maximum atomic E-state index is 12.7. The molecule has 2 rings (SSSR count). The van der Waals surface area contributed by atoms with Crippen LogP contribution in [0.4, 0.5) is 0 Å². The molecule has 4 heteroatoms. The predicted octanol–water partition coefficient (Wildman–Crippen LogP) is 3.02. The largest absolute Gasteiger partial charge is 0.339 e. The number of hydrogen-bond donors (Lipinski definition) is 0. The molecule has 0 bridgehead atoms. The number of carbonyl (C=O) groups is 2. The molecule has 4 nitrogen and oxygen atoms in total. The van der Waals surface area contributed by atoms with Gasteiger partial charge in [0.05, 0.1) is 0 Å². The van der Waals surface area contributed by atoms with E-state index in [9.17, 15) is 9.59 Å². The van der Waals surface area contributed by atoms with E-state index in [0.717, 1.165) is 16.7 Å². The summed E-state index contributed by atoms with van der Waals surface area (Å²) in [6, 6.07) is 5.92. The number of amides is 2.